The van der Waals surface area contributed by atoms with Crippen LogP contribution in [0.15, 0.2) is 4.47 Å². The largest absolute Gasteiger partial charge is 0.383 e. The lowest BCUT2D eigenvalue weighted by atomic mass is 9.74. The third kappa shape index (κ3) is 2.44. The van der Waals surface area contributed by atoms with Gasteiger partial charge in [0.05, 0.1) is 16.2 Å². The number of rotatable bonds is 2. The predicted octanol–water partition coefficient (Wildman–Crippen LogP) is 4.17. The zero-order chi connectivity index (χ0) is 13.4. The van der Waals surface area contributed by atoms with E-state index in [2.05, 4.69) is 46.5 Å². The van der Waals surface area contributed by atoms with E-state index in [9.17, 15) is 0 Å². The number of nitrogen functional groups attached to an aromatic ring is 1. The average Bonchev–Trinajstić information content (AvgIpc) is 2.56. The highest BCUT2D eigenvalue weighted by atomic mass is 79.9. The molecule has 1 aromatic heterocycles. The molecule has 18 heavy (non-hydrogen) atoms. The van der Waals surface area contributed by atoms with Crippen molar-refractivity contribution < 1.29 is 0 Å². The number of aryl methyl sites for hydroxylation is 1. The molecule has 102 valence electrons. The summed E-state index contributed by atoms with van der Waals surface area (Å²) in [7, 11) is 0. The van der Waals surface area contributed by atoms with Crippen molar-refractivity contribution in [1.82, 2.24) is 9.78 Å². The second-order valence-electron chi connectivity index (χ2n) is 6.12. The molecule has 3 unspecified atom stereocenters. The molecule has 4 heteroatoms. The van der Waals surface area contributed by atoms with Gasteiger partial charge >= 0.3 is 0 Å². The van der Waals surface area contributed by atoms with Crippen molar-refractivity contribution >= 4 is 21.7 Å². The smallest absolute Gasteiger partial charge is 0.136 e. The molecule has 1 aromatic rings. The molecular weight excluding hydrogens is 290 g/mol. The van der Waals surface area contributed by atoms with Crippen LogP contribution in [0.1, 0.15) is 51.8 Å². The molecule has 0 aliphatic heterocycles. The number of hydrogen-bond donors (Lipinski definition) is 1. The third-order valence-electron chi connectivity index (χ3n) is 4.35. The number of aromatic nitrogens is 2. The van der Waals surface area contributed by atoms with Crippen LogP contribution in [0.3, 0.4) is 0 Å². The van der Waals surface area contributed by atoms with E-state index in [0.717, 1.165) is 21.9 Å². The van der Waals surface area contributed by atoms with Crippen molar-refractivity contribution in [3.63, 3.8) is 0 Å². The van der Waals surface area contributed by atoms with E-state index in [1.165, 1.54) is 19.3 Å². The highest BCUT2D eigenvalue weighted by molar-refractivity contribution is 9.10. The fraction of sp³-hybridized carbons (Fsp3) is 0.786. The Morgan fingerprint density at radius 2 is 2.06 bits per heavy atom. The van der Waals surface area contributed by atoms with E-state index < -0.39 is 0 Å². The van der Waals surface area contributed by atoms with Crippen molar-refractivity contribution in [3.05, 3.63) is 10.2 Å². The standard InChI is InChI=1S/C14H24BrN3/c1-8(2)11-6-5-9(3)7-12(11)18-14(16)13(15)10(4)17-18/h8-9,11-12H,5-7,16H2,1-4H3. The summed E-state index contributed by atoms with van der Waals surface area (Å²) < 4.78 is 3.03. The second kappa shape index (κ2) is 5.24. The Bertz CT molecular complexity index is 425. The van der Waals surface area contributed by atoms with Crippen molar-refractivity contribution in [2.24, 2.45) is 17.8 Å². The minimum Gasteiger partial charge on any atom is -0.383 e. The first-order valence-electron chi connectivity index (χ1n) is 6.91. The quantitative estimate of drug-likeness (QED) is 0.890. The Hall–Kier alpha value is -0.510. The Labute approximate surface area is 118 Å². The Morgan fingerprint density at radius 1 is 1.39 bits per heavy atom. The molecule has 1 saturated carbocycles. The molecule has 3 atom stereocenters. The predicted molar refractivity (Wildman–Crippen MR) is 79.5 cm³/mol. The fourth-order valence-electron chi connectivity index (χ4n) is 3.23. The van der Waals surface area contributed by atoms with E-state index >= 15 is 0 Å². The molecule has 1 heterocycles. The summed E-state index contributed by atoms with van der Waals surface area (Å²) in [5, 5.41) is 4.65. The average molecular weight is 314 g/mol. The molecule has 3 nitrogen and oxygen atoms in total. The van der Waals surface area contributed by atoms with Gasteiger partial charge in [0, 0.05) is 0 Å². The van der Waals surface area contributed by atoms with Crippen LogP contribution in [-0.4, -0.2) is 9.78 Å². The van der Waals surface area contributed by atoms with Gasteiger partial charge < -0.3 is 5.73 Å². The lowest BCUT2D eigenvalue weighted by Crippen LogP contribution is -2.31. The lowest BCUT2D eigenvalue weighted by Gasteiger charge is -2.37. The minimum absolute atomic E-state index is 0.457. The van der Waals surface area contributed by atoms with E-state index in [0.29, 0.717) is 17.9 Å². The summed E-state index contributed by atoms with van der Waals surface area (Å²) in [6.07, 6.45) is 3.82. The van der Waals surface area contributed by atoms with Crippen LogP contribution < -0.4 is 5.73 Å². The maximum Gasteiger partial charge on any atom is 0.136 e. The summed E-state index contributed by atoms with van der Waals surface area (Å²) in [6, 6.07) is 0.457. The number of anilines is 1. The summed E-state index contributed by atoms with van der Waals surface area (Å²) in [5.41, 5.74) is 7.19. The van der Waals surface area contributed by atoms with Gasteiger partial charge in [0.1, 0.15) is 5.82 Å². The molecule has 0 radical (unpaired) electrons. The summed E-state index contributed by atoms with van der Waals surface area (Å²) in [6.45, 7) is 8.98. The molecule has 0 bridgehead atoms. The number of nitrogens with two attached hydrogens (primary N) is 1. The highest BCUT2D eigenvalue weighted by Gasteiger charge is 2.33. The van der Waals surface area contributed by atoms with Gasteiger partial charge in [0.15, 0.2) is 0 Å². The first kappa shape index (κ1) is 13.9. The van der Waals surface area contributed by atoms with Gasteiger partial charge in [0.2, 0.25) is 0 Å². The molecule has 2 rings (SSSR count). The van der Waals surface area contributed by atoms with Crippen LogP contribution in [0, 0.1) is 24.7 Å². The van der Waals surface area contributed by atoms with Crippen molar-refractivity contribution in [2.45, 2.75) is 53.0 Å². The second-order valence-corrected chi connectivity index (χ2v) is 6.92. The highest BCUT2D eigenvalue weighted by Crippen LogP contribution is 2.42. The van der Waals surface area contributed by atoms with Crippen LogP contribution in [0.4, 0.5) is 5.82 Å². The van der Waals surface area contributed by atoms with Gasteiger partial charge in [-0.25, -0.2) is 4.68 Å². The summed E-state index contributed by atoms with van der Waals surface area (Å²) >= 11 is 3.53. The molecule has 1 aliphatic rings. The van der Waals surface area contributed by atoms with E-state index in [4.69, 9.17) is 5.73 Å². The summed E-state index contributed by atoms with van der Waals surface area (Å²) in [5.74, 6) is 2.94. The van der Waals surface area contributed by atoms with Crippen molar-refractivity contribution in [3.8, 4) is 0 Å². The van der Waals surface area contributed by atoms with Gasteiger partial charge in [-0.05, 0) is 53.4 Å². The van der Waals surface area contributed by atoms with E-state index in [1.54, 1.807) is 0 Å². The van der Waals surface area contributed by atoms with Crippen LogP contribution in [-0.2, 0) is 0 Å². The zero-order valence-electron chi connectivity index (χ0n) is 11.8. The minimum atomic E-state index is 0.457. The van der Waals surface area contributed by atoms with E-state index in [1.807, 2.05) is 6.92 Å². The molecule has 1 aliphatic carbocycles. The zero-order valence-corrected chi connectivity index (χ0v) is 13.4. The Kier molecular flexibility index (Phi) is 4.05. The molecular formula is C14H24BrN3. The normalized spacial score (nSPS) is 28.9. The SMILES string of the molecule is Cc1nn(C2CC(C)CCC2C(C)C)c(N)c1Br. The molecule has 0 amide bonds. The topological polar surface area (TPSA) is 43.8 Å². The van der Waals surface area contributed by atoms with Crippen molar-refractivity contribution in [1.29, 1.82) is 0 Å². The molecule has 1 fully saturated rings. The van der Waals surface area contributed by atoms with Crippen LogP contribution in [0.2, 0.25) is 0 Å². The first-order valence-corrected chi connectivity index (χ1v) is 7.71. The van der Waals surface area contributed by atoms with Crippen molar-refractivity contribution in [2.75, 3.05) is 5.73 Å². The third-order valence-corrected chi connectivity index (χ3v) is 5.33. The molecule has 0 spiro atoms. The number of nitrogens with zero attached hydrogens (tertiary/aromatic N) is 2. The summed E-state index contributed by atoms with van der Waals surface area (Å²) in [4.78, 5) is 0. The molecule has 0 aromatic carbocycles. The van der Waals surface area contributed by atoms with Gasteiger partial charge in [-0.2, -0.15) is 5.10 Å². The van der Waals surface area contributed by atoms with Gasteiger partial charge in [0.25, 0.3) is 0 Å². The lowest BCUT2D eigenvalue weighted by molar-refractivity contribution is 0.141. The van der Waals surface area contributed by atoms with Gasteiger partial charge in [-0.3, -0.25) is 0 Å². The number of halogens is 1. The fourth-order valence-corrected chi connectivity index (χ4v) is 3.49. The van der Waals surface area contributed by atoms with Crippen LogP contribution >= 0.6 is 15.9 Å². The monoisotopic (exact) mass is 313 g/mol. The van der Waals surface area contributed by atoms with Crippen LogP contribution in [0.5, 0.6) is 0 Å². The number of hydrogen-bond acceptors (Lipinski definition) is 2. The molecule has 2 N–H and O–H groups in total. The Balaban J connectivity index is 2.35. The maximum absolute atomic E-state index is 6.20. The molecule has 0 saturated heterocycles. The van der Waals surface area contributed by atoms with Gasteiger partial charge in [-0.1, -0.05) is 27.2 Å². The van der Waals surface area contributed by atoms with E-state index in [-0.39, 0.29) is 0 Å². The maximum atomic E-state index is 6.20. The Morgan fingerprint density at radius 3 is 2.56 bits per heavy atom. The van der Waals surface area contributed by atoms with Gasteiger partial charge in [-0.15, -0.1) is 0 Å². The first-order chi connectivity index (χ1) is 8.41. The van der Waals surface area contributed by atoms with Crippen LogP contribution in [0.25, 0.3) is 0 Å².